The largest absolute Gasteiger partial charge is 0.325 e. The average molecular weight is 343 g/mol. The van der Waals surface area contributed by atoms with E-state index in [9.17, 15) is 4.79 Å². The lowest BCUT2D eigenvalue weighted by Crippen LogP contribution is -2.19. The fourth-order valence-electron chi connectivity index (χ4n) is 3.96. The molecule has 4 rings (SSSR count). The Labute approximate surface area is 145 Å². The topological polar surface area (TPSA) is 72.7 Å². The summed E-state index contributed by atoms with van der Waals surface area (Å²) in [7, 11) is 0. The lowest BCUT2D eigenvalue weighted by molar-refractivity contribution is -0.113. The molecule has 1 heterocycles. The van der Waals surface area contributed by atoms with Gasteiger partial charge in [-0.1, -0.05) is 35.9 Å². The first-order valence-corrected chi connectivity index (χ1v) is 9.45. The van der Waals surface area contributed by atoms with E-state index in [1.54, 1.807) is 0 Å². The second kappa shape index (κ2) is 6.55. The van der Waals surface area contributed by atoms with E-state index in [2.05, 4.69) is 20.8 Å². The molecule has 2 fully saturated rings. The molecule has 2 aliphatic rings. The van der Waals surface area contributed by atoms with Crippen molar-refractivity contribution in [1.29, 1.82) is 0 Å². The van der Waals surface area contributed by atoms with Crippen molar-refractivity contribution >= 4 is 23.4 Å². The summed E-state index contributed by atoms with van der Waals surface area (Å²) in [5.41, 5.74) is 1.99. The summed E-state index contributed by atoms with van der Waals surface area (Å²) in [6, 6.07) is 8.21. The number of tetrazole rings is 1. The number of thioether (sulfide) groups is 1. The van der Waals surface area contributed by atoms with Crippen LogP contribution in [-0.2, 0) is 4.79 Å². The number of carbonyl (C=O) groups is 1. The number of amides is 1. The van der Waals surface area contributed by atoms with Gasteiger partial charge >= 0.3 is 0 Å². The van der Waals surface area contributed by atoms with Crippen molar-refractivity contribution < 1.29 is 4.79 Å². The van der Waals surface area contributed by atoms with E-state index in [1.165, 1.54) is 43.0 Å². The van der Waals surface area contributed by atoms with E-state index in [-0.39, 0.29) is 5.91 Å². The van der Waals surface area contributed by atoms with Gasteiger partial charge in [-0.25, -0.2) is 4.68 Å². The Bertz CT molecular complexity index is 729. The highest BCUT2D eigenvalue weighted by Crippen LogP contribution is 2.50. The number of fused-ring (bicyclic) bond motifs is 2. The lowest BCUT2D eigenvalue weighted by atomic mass is 9.96. The smallest absolute Gasteiger partial charge is 0.234 e. The number of anilines is 1. The Kier molecular flexibility index (Phi) is 4.26. The molecule has 0 saturated heterocycles. The van der Waals surface area contributed by atoms with Crippen LogP contribution >= 0.6 is 11.8 Å². The zero-order valence-corrected chi connectivity index (χ0v) is 14.5. The molecule has 1 aromatic carbocycles. The zero-order chi connectivity index (χ0) is 16.5. The molecule has 2 saturated carbocycles. The highest BCUT2D eigenvalue weighted by molar-refractivity contribution is 7.99. The fraction of sp³-hybridized carbons (Fsp3) is 0.529. The van der Waals surface area contributed by atoms with Crippen LogP contribution in [-0.4, -0.2) is 31.9 Å². The third-order valence-corrected chi connectivity index (χ3v) is 6.08. The van der Waals surface area contributed by atoms with Gasteiger partial charge in [-0.2, -0.15) is 0 Å². The predicted octanol–water partition coefficient (Wildman–Crippen LogP) is 3.07. The maximum Gasteiger partial charge on any atom is 0.234 e. The Morgan fingerprint density at radius 2 is 2.12 bits per heavy atom. The summed E-state index contributed by atoms with van der Waals surface area (Å²) in [5.74, 6) is 1.83. The summed E-state index contributed by atoms with van der Waals surface area (Å²) in [4.78, 5) is 12.1. The molecular formula is C17H21N5OS. The van der Waals surface area contributed by atoms with Crippen molar-refractivity contribution in [3.05, 3.63) is 29.8 Å². The van der Waals surface area contributed by atoms with Crippen LogP contribution in [0.3, 0.4) is 0 Å². The van der Waals surface area contributed by atoms with Gasteiger partial charge in [0.05, 0.1) is 11.8 Å². The van der Waals surface area contributed by atoms with E-state index in [1.807, 2.05) is 35.9 Å². The molecule has 126 valence electrons. The first-order valence-electron chi connectivity index (χ1n) is 8.46. The number of rotatable bonds is 5. The van der Waals surface area contributed by atoms with Crippen molar-refractivity contribution in [3.63, 3.8) is 0 Å². The Morgan fingerprint density at radius 3 is 2.83 bits per heavy atom. The van der Waals surface area contributed by atoms with E-state index >= 15 is 0 Å². The molecule has 1 N–H and O–H groups in total. The van der Waals surface area contributed by atoms with Crippen molar-refractivity contribution in [2.75, 3.05) is 11.1 Å². The minimum Gasteiger partial charge on any atom is -0.325 e. The number of hydrogen-bond donors (Lipinski definition) is 1. The van der Waals surface area contributed by atoms with Gasteiger partial charge in [-0.15, -0.1) is 5.10 Å². The summed E-state index contributed by atoms with van der Waals surface area (Å²) < 4.78 is 1.95. The van der Waals surface area contributed by atoms with Gasteiger partial charge in [-0.3, -0.25) is 4.79 Å². The molecule has 0 spiro atoms. The molecular weight excluding hydrogens is 322 g/mol. The standard InChI is InChI=1S/C17H21N5OS/c1-11-2-6-14(7-3-11)18-16(23)10-24-17-19-20-21-22(17)15-9-12-4-5-13(15)8-12/h2-3,6-7,12-13,15H,4-5,8-10H2,1H3,(H,18,23)/t12-,13+,15-/m1/s1. The van der Waals surface area contributed by atoms with Crippen LogP contribution in [0.2, 0.25) is 0 Å². The van der Waals surface area contributed by atoms with Crippen LogP contribution in [0.5, 0.6) is 0 Å². The highest BCUT2D eigenvalue weighted by Gasteiger charge is 2.42. The molecule has 24 heavy (non-hydrogen) atoms. The van der Waals surface area contributed by atoms with Crippen LogP contribution in [0.15, 0.2) is 29.4 Å². The van der Waals surface area contributed by atoms with Gasteiger partial charge in [0.1, 0.15) is 0 Å². The monoisotopic (exact) mass is 343 g/mol. The normalized spacial score (nSPS) is 25.1. The first kappa shape index (κ1) is 15.6. The fourth-order valence-corrected chi connectivity index (χ4v) is 4.69. The Balaban J connectivity index is 1.35. The molecule has 2 bridgehead atoms. The maximum atomic E-state index is 12.1. The minimum absolute atomic E-state index is 0.0358. The predicted molar refractivity (Wildman–Crippen MR) is 92.8 cm³/mol. The van der Waals surface area contributed by atoms with E-state index in [4.69, 9.17) is 0 Å². The third kappa shape index (κ3) is 3.17. The second-order valence-corrected chi connectivity index (χ2v) is 7.79. The second-order valence-electron chi connectivity index (χ2n) is 6.85. The Hall–Kier alpha value is -1.89. The van der Waals surface area contributed by atoms with Crippen LogP contribution < -0.4 is 5.32 Å². The van der Waals surface area contributed by atoms with E-state index in [0.29, 0.717) is 17.7 Å². The number of aryl methyl sites for hydroxylation is 1. The number of benzene rings is 1. The van der Waals surface area contributed by atoms with Gasteiger partial charge in [0, 0.05) is 5.69 Å². The quantitative estimate of drug-likeness (QED) is 0.845. The average Bonchev–Trinajstić information content (AvgIpc) is 3.31. The van der Waals surface area contributed by atoms with Crippen molar-refractivity contribution in [1.82, 2.24) is 20.2 Å². The third-order valence-electron chi connectivity index (χ3n) is 5.15. The van der Waals surface area contributed by atoms with Crippen molar-refractivity contribution in [3.8, 4) is 0 Å². The molecule has 0 unspecified atom stereocenters. The van der Waals surface area contributed by atoms with Crippen LogP contribution in [0, 0.1) is 18.8 Å². The molecule has 2 aromatic rings. The number of nitrogens with zero attached hydrogens (tertiary/aromatic N) is 4. The van der Waals surface area contributed by atoms with E-state index in [0.717, 1.165) is 16.8 Å². The number of nitrogens with one attached hydrogen (secondary N) is 1. The van der Waals surface area contributed by atoms with Gasteiger partial charge in [-0.05, 0) is 60.6 Å². The number of aromatic nitrogens is 4. The van der Waals surface area contributed by atoms with Crippen LogP contribution in [0.1, 0.15) is 37.3 Å². The highest BCUT2D eigenvalue weighted by atomic mass is 32.2. The zero-order valence-electron chi connectivity index (χ0n) is 13.7. The van der Waals surface area contributed by atoms with Crippen molar-refractivity contribution in [2.24, 2.45) is 11.8 Å². The molecule has 2 aliphatic carbocycles. The molecule has 7 heteroatoms. The molecule has 1 aromatic heterocycles. The summed E-state index contributed by atoms with van der Waals surface area (Å²) in [6.45, 7) is 2.02. The summed E-state index contributed by atoms with van der Waals surface area (Å²) >= 11 is 1.41. The van der Waals surface area contributed by atoms with Crippen molar-refractivity contribution in [2.45, 2.75) is 43.8 Å². The van der Waals surface area contributed by atoms with Gasteiger partial charge in [0.15, 0.2) is 0 Å². The SMILES string of the molecule is Cc1ccc(NC(=O)CSc2nnnn2[C@@H]2C[C@@H]3CC[C@H]2C3)cc1. The molecule has 6 nitrogen and oxygen atoms in total. The maximum absolute atomic E-state index is 12.1. The van der Waals surface area contributed by atoms with Gasteiger partial charge < -0.3 is 5.32 Å². The van der Waals surface area contributed by atoms with E-state index < -0.39 is 0 Å². The molecule has 0 aliphatic heterocycles. The molecule has 1 amide bonds. The molecule has 3 atom stereocenters. The summed E-state index contributed by atoms with van der Waals surface area (Å²) in [6.07, 6.45) is 5.12. The minimum atomic E-state index is -0.0358. The van der Waals surface area contributed by atoms with Crippen LogP contribution in [0.4, 0.5) is 5.69 Å². The van der Waals surface area contributed by atoms with Gasteiger partial charge in [0.2, 0.25) is 11.1 Å². The number of carbonyl (C=O) groups excluding carboxylic acids is 1. The Morgan fingerprint density at radius 1 is 1.29 bits per heavy atom. The first-order chi connectivity index (χ1) is 11.7. The van der Waals surface area contributed by atoms with Gasteiger partial charge in [0.25, 0.3) is 0 Å². The summed E-state index contributed by atoms with van der Waals surface area (Å²) in [5, 5.41) is 15.8. The number of hydrogen-bond acceptors (Lipinski definition) is 5. The lowest BCUT2D eigenvalue weighted by Gasteiger charge is -2.22. The van der Waals surface area contributed by atoms with Crippen LogP contribution in [0.25, 0.3) is 0 Å². The molecule has 0 radical (unpaired) electrons.